The maximum absolute atomic E-state index is 9.97. The number of aliphatic hydroxyl groups excluding tert-OH is 1. The lowest BCUT2D eigenvalue weighted by Gasteiger charge is -2.20. The van der Waals surface area contributed by atoms with E-state index in [9.17, 15) is 5.11 Å². The minimum absolute atomic E-state index is 0.201. The third-order valence-electron chi connectivity index (χ3n) is 4.08. The van der Waals surface area contributed by atoms with Gasteiger partial charge in [0.25, 0.3) is 0 Å². The highest BCUT2D eigenvalue weighted by Crippen LogP contribution is 2.26. The van der Waals surface area contributed by atoms with Gasteiger partial charge < -0.3 is 10.4 Å². The predicted octanol–water partition coefficient (Wildman–Crippen LogP) is 3.60. The quantitative estimate of drug-likeness (QED) is 0.887. The Kier molecular flexibility index (Phi) is 4.03. The summed E-state index contributed by atoms with van der Waals surface area (Å²) in [5.74, 6) is 0. The molecule has 0 spiro atoms. The Balaban J connectivity index is 1.77. The van der Waals surface area contributed by atoms with E-state index in [1.165, 1.54) is 11.1 Å². The first-order chi connectivity index (χ1) is 9.83. The van der Waals surface area contributed by atoms with Crippen molar-refractivity contribution in [3.05, 3.63) is 65.7 Å². The average molecular weight is 267 g/mol. The second-order valence-corrected chi connectivity index (χ2v) is 5.57. The average Bonchev–Trinajstić information content (AvgIpc) is 2.88. The predicted molar refractivity (Wildman–Crippen MR) is 83.0 cm³/mol. The van der Waals surface area contributed by atoms with Crippen LogP contribution in [0.3, 0.4) is 0 Å². The van der Waals surface area contributed by atoms with E-state index in [2.05, 4.69) is 53.8 Å². The van der Waals surface area contributed by atoms with Crippen molar-refractivity contribution >= 4 is 5.69 Å². The molecule has 2 aromatic carbocycles. The SMILES string of the molecule is O[C@H]1CCC[C@@H]1Nc1ccccc1Cc1ccccc1. The van der Waals surface area contributed by atoms with Gasteiger partial charge in [-0.05, 0) is 42.9 Å². The Bertz CT molecular complexity index is 552. The van der Waals surface area contributed by atoms with Crippen LogP contribution in [0.15, 0.2) is 54.6 Å². The molecule has 0 radical (unpaired) electrons. The second-order valence-electron chi connectivity index (χ2n) is 5.57. The fraction of sp³-hybridized carbons (Fsp3) is 0.333. The molecule has 0 amide bonds. The van der Waals surface area contributed by atoms with Crippen LogP contribution in [0.25, 0.3) is 0 Å². The molecule has 0 heterocycles. The van der Waals surface area contributed by atoms with Crippen LogP contribution in [-0.2, 0) is 6.42 Å². The molecule has 2 aromatic rings. The zero-order valence-electron chi connectivity index (χ0n) is 11.6. The van der Waals surface area contributed by atoms with Crippen molar-refractivity contribution in [2.45, 2.75) is 37.8 Å². The summed E-state index contributed by atoms with van der Waals surface area (Å²) >= 11 is 0. The van der Waals surface area contributed by atoms with Gasteiger partial charge in [0.15, 0.2) is 0 Å². The van der Waals surface area contributed by atoms with Crippen molar-refractivity contribution < 1.29 is 5.11 Å². The van der Waals surface area contributed by atoms with Crippen LogP contribution in [0.1, 0.15) is 30.4 Å². The molecule has 2 nitrogen and oxygen atoms in total. The van der Waals surface area contributed by atoms with Crippen molar-refractivity contribution in [3.63, 3.8) is 0 Å². The van der Waals surface area contributed by atoms with Gasteiger partial charge in [0.05, 0.1) is 12.1 Å². The molecular formula is C18H21NO. The Morgan fingerprint density at radius 2 is 1.70 bits per heavy atom. The molecule has 1 fully saturated rings. The summed E-state index contributed by atoms with van der Waals surface area (Å²) in [6, 6.07) is 19.1. The lowest BCUT2D eigenvalue weighted by atomic mass is 10.0. The summed E-state index contributed by atoms with van der Waals surface area (Å²) in [6.07, 6.45) is 3.80. The topological polar surface area (TPSA) is 32.3 Å². The maximum atomic E-state index is 9.97. The van der Waals surface area contributed by atoms with Crippen LogP contribution >= 0.6 is 0 Å². The highest BCUT2D eigenvalue weighted by molar-refractivity contribution is 5.53. The monoisotopic (exact) mass is 267 g/mol. The van der Waals surface area contributed by atoms with E-state index < -0.39 is 0 Å². The molecule has 1 aliphatic carbocycles. The van der Waals surface area contributed by atoms with Gasteiger partial charge in [0.2, 0.25) is 0 Å². The third kappa shape index (κ3) is 3.02. The first-order valence-electron chi connectivity index (χ1n) is 7.39. The lowest BCUT2D eigenvalue weighted by molar-refractivity contribution is 0.172. The van der Waals surface area contributed by atoms with Crippen molar-refractivity contribution in [2.75, 3.05) is 5.32 Å². The van der Waals surface area contributed by atoms with E-state index in [-0.39, 0.29) is 12.1 Å². The highest BCUT2D eigenvalue weighted by atomic mass is 16.3. The number of anilines is 1. The molecular weight excluding hydrogens is 246 g/mol. The normalized spacial score (nSPS) is 21.9. The molecule has 2 atom stereocenters. The van der Waals surface area contributed by atoms with Gasteiger partial charge in [0.1, 0.15) is 0 Å². The Hall–Kier alpha value is -1.80. The van der Waals surface area contributed by atoms with Crippen molar-refractivity contribution in [2.24, 2.45) is 0 Å². The lowest BCUT2D eigenvalue weighted by Crippen LogP contribution is -2.28. The number of para-hydroxylation sites is 1. The number of hydrogen-bond acceptors (Lipinski definition) is 2. The largest absolute Gasteiger partial charge is 0.391 e. The number of aliphatic hydroxyl groups is 1. The van der Waals surface area contributed by atoms with Gasteiger partial charge in [-0.15, -0.1) is 0 Å². The summed E-state index contributed by atoms with van der Waals surface area (Å²) < 4.78 is 0. The molecule has 0 saturated heterocycles. The Morgan fingerprint density at radius 1 is 0.950 bits per heavy atom. The zero-order chi connectivity index (χ0) is 13.8. The van der Waals surface area contributed by atoms with Crippen LogP contribution < -0.4 is 5.32 Å². The molecule has 0 bridgehead atoms. The van der Waals surface area contributed by atoms with Gasteiger partial charge >= 0.3 is 0 Å². The summed E-state index contributed by atoms with van der Waals surface area (Å²) in [7, 11) is 0. The molecule has 2 heteroatoms. The van der Waals surface area contributed by atoms with Crippen molar-refractivity contribution in [3.8, 4) is 0 Å². The van der Waals surface area contributed by atoms with Crippen LogP contribution in [0.2, 0.25) is 0 Å². The molecule has 1 saturated carbocycles. The molecule has 2 N–H and O–H groups in total. The molecule has 0 aliphatic heterocycles. The van der Waals surface area contributed by atoms with Crippen molar-refractivity contribution in [1.82, 2.24) is 0 Å². The molecule has 3 rings (SSSR count). The van der Waals surface area contributed by atoms with E-state index in [4.69, 9.17) is 0 Å². The second kappa shape index (κ2) is 6.10. The standard InChI is InChI=1S/C18H21NO/c20-18-12-6-11-17(18)19-16-10-5-4-9-15(16)13-14-7-2-1-3-8-14/h1-5,7-10,17-20H,6,11-13H2/t17-,18-/m0/s1. The van der Waals surface area contributed by atoms with Crippen LogP contribution in [-0.4, -0.2) is 17.3 Å². The molecule has 104 valence electrons. The van der Waals surface area contributed by atoms with Gasteiger partial charge in [-0.2, -0.15) is 0 Å². The first-order valence-corrected chi connectivity index (χ1v) is 7.39. The summed E-state index contributed by atoms with van der Waals surface area (Å²) in [4.78, 5) is 0. The minimum Gasteiger partial charge on any atom is -0.391 e. The molecule has 0 aromatic heterocycles. The summed E-state index contributed by atoms with van der Waals surface area (Å²) in [5, 5.41) is 13.5. The first kappa shape index (κ1) is 13.2. The van der Waals surface area contributed by atoms with E-state index in [0.717, 1.165) is 31.4 Å². The van der Waals surface area contributed by atoms with Gasteiger partial charge in [0, 0.05) is 5.69 Å². The van der Waals surface area contributed by atoms with Crippen molar-refractivity contribution in [1.29, 1.82) is 0 Å². The Morgan fingerprint density at radius 3 is 2.45 bits per heavy atom. The van der Waals surface area contributed by atoms with E-state index in [0.29, 0.717) is 0 Å². The van der Waals surface area contributed by atoms with Gasteiger partial charge in [-0.1, -0.05) is 48.5 Å². The van der Waals surface area contributed by atoms with Gasteiger partial charge in [-0.3, -0.25) is 0 Å². The third-order valence-corrected chi connectivity index (χ3v) is 4.08. The fourth-order valence-corrected chi connectivity index (χ4v) is 2.94. The number of rotatable bonds is 4. The molecule has 1 aliphatic rings. The number of benzene rings is 2. The number of nitrogens with one attached hydrogen (secondary N) is 1. The van der Waals surface area contributed by atoms with Crippen LogP contribution in [0.4, 0.5) is 5.69 Å². The summed E-state index contributed by atoms with van der Waals surface area (Å²) in [6.45, 7) is 0. The van der Waals surface area contributed by atoms with E-state index in [1.54, 1.807) is 0 Å². The highest BCUT2D eigenvalue weighted by Gasteiger charge is 2.25. The van der Waals surface area contributed by atoms with Crippen LogP contribution in [0.5, 0.6) is 0 Å². The summed E-state index contributed by atoms with van der Waals surface area (Å²) in [5.41, 5.74) is 3.76. The smallest absolute Gasteiger partial charge is 0.0741 e. The van der Waals surface area contributed by atoms with E-state index >= 15 is 0 Å². The Labute approximate surface area is 120 Å². The van der Waals surface area contributed by atoms with Crippen LogP contribution in [0, 0.1) is 0 Å². The molecule has 0 unspecified atom stereocenters. The molecule has 20 heavy (non-hydrogen) atoms. The van der Waals surface area contributed by atoms with E-state index in [1.807, 2.05) is 6.07 Å². The van der Waals surface area contributed by atoms with Gasteiger partial charge in [-0.25, -0.2) is 0 Å². The minimum atomic E-state index is -0.209. The maximum Gasteiger partial charge on any atom is 0.0741 e. The zero-order valence-corrected chi connectivity index (χ0v) is 11.6. The number of hydrogen-bond donors (Lipinski definition) is 2. The fourth-order valence-electron chi connectivity index (χ4n) is 2.94.